The maximum absolute atomic E-state index is 11.7. The van der Waals surface area contributed by atoms with E-state index in [-0.39, 0.29) is 11.9 Å². The van der Waals surface area contributed by atoms with Gasteiger partial charge in [-0.25, -0.2) is 0 Å². The number of aliphatic imine (C=N–C) groups is 1. The molecule has 2 atom stereocenters. The number of amides is 1. The van der Waals surface area contributed by atoms with Crippen molar-refractivity contribution in [2.75, 3.05) is 20.1 Å². The molecule has 0 rings (SSSR count). The molecule has 130 valence electrons. The van der Waals surface area contributed by atoms with Crippen LogP contribution in [0.5, 0.6) is 0 Å². The molecular formula is C17H36N4O. The molecule has 0 fully saturated rings. The highest BCUT2D eigenvalue weighted by atomic mass is 16.1. The summed E-state index contributed by atoms with van der Waals surface area (Å²) in [5.41, 5.74) is 0. The van der Waals surface area contributed by atoms with Crippen LogP contribution in [0.2, 0.25) is 0 Å². The summed E-state index contributed by atoms with van der Waals surface area (Å²) >= 11 is 0. The molecule has 0 bridgehead atoms. The third kappa shape index (κ3) is 10.5. The lowest BCUT2D eigenvalue weighted by molar-refractivity contribution is -0.121. The molecular weight excluding hydrogens is 276 g/mol. The molecule has 1 amide bonds. The van der Waals surface area contributed by atoms with E-state index in [1.807, 2.05) is 6.92 Å². The zero-order valence-corrected chi connectivity index (χ0v) is 15.2. The summed E-state index contributed by atoms with van der Waals surface area (Å²) in [7, 11) is 1.77. The molecule has 0 aromatic heterocycles. The van der Waals surface area contributed by atoms with Crippen molar-refractivity contribution in [2.24, 2.45) is 10.9 Å². The first-order chi connectivity index (χ1) is 10.6. The van der Waals surface area contributed by atoms with Gasteiger partial charge in [0.25, 0.3) is 0 Å². The first kappa shape index (κ1) is 20.7. The van der Waals surface area contributed by atoms with Gasteiger partial charge in [-0.2, -0.15) is 0 Å². The predicted molar refractivity (Wildman–Crippen MR) is 95.2 cm³/mol. The fourth-order valence-corrected chi connectivity index (χ4v) is 2.15. The van der Waals surface area contributed by atoms with Crippen LogP contribution < -0.4 is 16.0 Å². The van der Waals surface area contributed by atoms with Gasteiger partial charge >= 0.3 is 0 Å². The second-order valence-electron chi connectivity index (χ2n) is 5.92. The van der Waals surface area contributed by atoms with Crippen LogP contribution in [0.25, 0.3) is 0 Å². The molecule has 3 N–H and O–H groups in total. The fraction of sp³-hybridized carbons (Fsp3) is 0.882. The van der Waals surface area contributed by atoms with Crippen molar-refractivity contribution < 1.29 is 4.79 Å². The van der Waals surface area contributed by atoms with Crippen molar-refractivity contribution in [3.8, 4) is 0 Å². The van der Waals surface area contributed by atoms with E-state index >= 15 is 0 Å². The Labute approximate surface area is 136 Å². The molecule has 0 saturated heterocycles. The third-order valence-electron chi connectivity index (χ3n) is 3.99. The van der Waals surface area contributed by atoms with Crippen molar-refractivity contribution in [1.29, 1.82) is 0 Å². The van der Waals surface area contributed by atoms with Gasteiger partial charge in [0.15, 0.2) is 5.96 Å². The van der Waals surface area contributed by atoms with Crippen molar-refractivity contribution in [2.45, 2.75) is 72.3 Å². The number of guanidine groups is 1. The minimum absolute atomic E-state index is 0.0895. The summed E-state index contributed by atoms with van der Waals surface area (Å²) in [6.45, 7) is 10.1. The van der Waals surface area contributed by atoms with Gasteiger partial charge in [0.05, 0.1) is 0 Å². The van der Waals surface area contributed by atoms with Crippen LogP contribution in [0.1, 0.15) is 66.2 Å². The summed E-state index contributed by atoms with van der Waals surface area (Å²) in [6.07, 6.45) is 6.39. The lowest BCUT2D eigenvalue weighted by atomic mass is 9.99. The van der Waals surface area contributed by atoms with E-state index in [0.29, 0.717) is 18.9 Å². The second-order valence-corrected chi connectivity index (χ2v) is 5.92. The van der Waals surface area contributed by atoms with Gasteiger partial charge in [0, 0.05) is 32.6 Å². The van der Waals surface area contributed by atoms with Crippen LogP contribution in [-0.2, 0) is 4.79 Å². The topological polar surface area (TPSA) is 65.5 Å². The Morgan fingerprint density at radius 1 is 1.14 bits per heavy atom. The normalized spacial score (nSPS) is 14.3. The monoisotopic (exact) mass is 312 g/mol. The van der Waals surface area contributed by atoms with Crippen molar-refractivity contribution in [3.05, 3.63) is 0 Å². The Morgan fingerprint density at radius 3 is 2.41 bits per heavy atom. The summed E-state index contributed by atoms with van der Waals surface area (Å²) in [5, 5.41) is 9.53. The molecule has 0 spiro atoms. The van der Waals surface area contributed by atoms with Crippen molar-refractivity contribution in [3.63, 3.8) is 0 Å². The minimum atomic E-state index is 0.0895. The van der Waals surface area contributed by atoms with Crippen LogP contribution in [0.3, 0.4) is 0 Å². The van der Waals surface area contributed by atoms with Gasteiger partial charge in [0.1, 0.15) is 0 Å². The summed E-state index contributed by atoms with van der Waals surface area (Å²) < 4.78 is 0. The van der Waals surface area contributed by atoms with E-state index in [1.165, 1.54) is 25.7 Å². The van der Waals surface area contributed by atoms with Gasteiger partial charge in [-0.1, -0.05) is 40.0 Å². The van der Waals surface area contributed by atoms with Crippen LogP contribution in [0.15, 0.2) is 4.99 Å². The molecule has 5 nitrogen and oxygen atoms in total. The van der Waals surface area contributed by atoms with Crippen LogP contribution in [-0.4, -0.2) is 38.0 Å². The maximum Gasteiger partial charge on any atom is 0.221 e. The third-order valence-corrected chi connectivity index (χ3v) is 3.99. The Morgan fingerprint density at radius 2 is 1.86 bits per heavy atom. The molecule has 0 saturated carbocycles. The standard InChI is InChI=1S/C17H36N4O/c1-6-9-10-15(8-3)13-20-17(18-5)19-12-11-16(22)21-14(4)7-2/h14-15H,6-13H2,1-5H3,(H,21,22)(H2,18,19,20). The quantitative estimate of drug-likeness (QED) is 0.406. The van der Waals surface area contributed by atoms with E-state index in [4.69, 9.17) is 0 Å². The predicted octanol–water partition coefficient (Wildman–Crippen LogP) is 2.67. The largest absolute Gasteiger partial charge is 0.356 e. The first-order valence-corrected chi connectivity index (χ1v) is 8.81. The van der Waals surface area contributed by atoms with E-state index in [0.717, 1.165) is 18.9 Å². The Bertz CT molecular complexity index is 318. The van der Waals surface area contributed by atoms with E-state index in [1.54, 1.807) is 7.05 Å². The average molecular weight is 313 g/mol. The molecule has 22 heavy (non-hydrogen) atoms. The smallest absolute Gasteiger partial charge is 0.221 e. The lowest BCUT2D eigenvalue weighted by Gasteiger charge is -2.18. The van der Waals surface area contributed by atoms with Crippen LogP contribution >= 0.6 is 0 Å². The van der Waals surface area contributed by atoms with Gasteiger partial charge in [0.2, 0.25) is 5.91 Å². The van der Waals surface area contributed by atoms with Gasteiger partial charge in [-0.3, -0.25) is 9.79 Å². The number of nitrogens with one attached hydrogen (secondary N) is 3. The number of hydrogen-bond acceptors (Lipinski definition) is 2. The Kier molecular flexibility index (Phi) is 12.6. The number of carbonyl (C=O) groups is 1. The average Bonchev–Trinajstić information content (AvgIpc) is 2.52. The SMILES string of the molecule is CCCCC(CC)CNC(=NC)NCCC(=O)NC(C)CC. The fourth-order valence-electron chi connectivity index (χ4n) is 2.15. The molecule has 2 unspecified atom stereocenters. The highest BCUT2D eigenvalue weighted by Crippen LogP contribution is 2.10. The van der Waals surface area contributed by atoms with Gasteiger partial charge in [-0.05, 0) is 25.7 Å². The number of unbranched alkanes of at least 4 members (excludes halogenated alkanes) is 1. The summed E-state index contributed by atoms with van der Waals surface area (Å²) in [6, 6.07) is 0.244. The van der Waals surface area contributed by atoms with Crippen LogP contribution in [0, 0.1) is 5.92 Å². The molecule has 0 aliphatic rings. The molecule has 5 heteroatoms. The van der Waals surface area contributed by atoms with Crippen LogP contribution in [0.4, 0.5) is 0 Å². The van der Waals surface area contributed by atoms with Gasteiger partial charge < -0.3 is 16.0 Å². The molecule has 0 aliphatic heterocycles. The Balaban J connectivity index is 3.95. The minimum Gasteiger partial charge on any atom is -0.356 e. The van der Waals surface area contributed by atoms with Crippen molar-refractivity contribution >= 4 is 11.9 Å². The highest BCUT2D eigenvalue weighted by molar-refractivity contribution is 5.81. The summed E-state index contributed by atoms with van der Waals surface area (Å²) in [5.74, 6) is 1.56. The zero-order valence-electron chi connectivity index (χ0n) is 15.2. The summed E-state index contributed by atoms with van der Waals surface area (Å²) in [4.78, 5) is 15.9. The van der Waals surface area contributed by atoms with Gasteiger partial charge in [-0.15, -0.1) is 0 Å². The maximum atomic E-state index is 11.7. The van der Waals surface area contributed by atoms with E-state index < -0.39 is 0 Å². The Hall–Kier alpha value is -1.26. The van der Waals surface area contributed by atoms with E-state index in [9.17, 15) is 4.79 Å². The molecule has 0 aromatic rings. The number of rotatable bonds is 11. The number of carbonyl (C=O) groups excluding carboxylic acids is 1. The highest BCUT2D eigenvalue weighted by Gasteiger charge is 2.08. The lowest BCUT2D eigenvalue weighted by Crippen LogP contribution is -2.41. The van der Waals surface area contributed by atoms with Crippen molar-refractivity contribution in [1.82, 2.24) is 16.0 Å². The molecule has 0 heterocycles. The molecule has 0 aliphatic carbocycles. The number of hydrogen-bond donors (Lipinski definition) is 3. The molecule has 0 aromatic carbocycles. The second kappa shape index (κ2) is 13.4. The van der Waals surface area contributed by atoms with E-state index in [2.05, 4.69) is 41.7 Å². The number of nitrogens with zero attached hydrogens (tertiary/aromatic N) is 1. The molecule has 0 radical (unpaired) electrons. The zero-order chi connectivity index (χ0) is 16.8. The first-order valence-electron chi connectivity index (χ1n) is 8.81.